The normalized spacial score (nSPS) is 11.3. The molecule has 2 heteroatoms. The van der Waals surface area contributed by atoms with E-state index in [1.54, 1.807) is 6.07 Å². The second-order valence-corrected chi connectivity index (χ2v) is 6.54. The largest absolute Gasteiger partial charge is 0.462 e. The number of hydrogen-bond donors (Lipinski definition) is 0. The molecule has 0 heterocycles. The third-order valence-corrected chi connectivity index (χ3v) is 3.67. The van der Waals surface area contributed by atoms with E-state index in [9.17, 15) is 4.79 Å². The van der Waals surface area contributed by atoms with Crippen LogP contribution in [0.25, 0.3) is 0 Å². The van der Waals surface area contributed by atoms with Gasteiger partial charge in [0.25, 0.3) is 0 Å². The van der Waals surface area contributed by atoms with Crippen LogP contribution in [-0.4, -0.2) is 12.6 Å². The van der Waals surface area contributed by atoms with Gasteiger partial charge in [-0.15, -0.1) is 0 Å². The second kappa shape index (κ2) is 6.78. The summed E-state index contributed by atoms with van der Waals surface area (Å²) in [4.78, 5) is 11.8. The number of hydrogen-bond acceptors (Lipinski definition) is 2. The lowest BCUT2D eigenvalue weighted by atomic mass is 9.86. The highest BCUT2D eigenvalue weighted by atomic mass is 16.5. The van der Waals surface area contributed by atoms with Crippen LogP contribution >= 0.6 is 0 Å². The molecule has 0 unspecified atom stereocenters. The number of ether oxygens (including phenoxy) is 1. The quantitative estimate of drug-likeness (QED) is 0.761. The molecule has 2 aromatic carbocycles. The summed E-state index contributed by atoms with van der Waals surface area (Å²) in [6.45, 7) is 8.86. The van der Waals surface area contributed by atoms with Crippen molar-refractivity contribution in [2.45, 2.75) is 39.5 Å². The fraction of sp³-hybridized carbons (Fsp3) is 0.350. The lowest BCUT2D eigenvalue weighted by molar-refractivity contribution is 0.0526. The van der Waals surface area contributed by atoms with E-state index in [0.717, 1.165) is 12.0 Å². The second-order valence-electron chi connectivity index (χ2n) is 6.54. The molecule has 0 N–H and O–H groups in total. The highest BCUT2D eigenvalue weighted by Crippen LogP contribution is 2.23. The molecular formula is C20H24O2. The fourth-order valence-corrected chi connectivity index (χ4v) is 2.38. The smallest absolute Gasteiger partial charge is 0.338 e. The summed E-state index contributed by atoms with van der Waals surface area (Å²) in [5.41, 5.74) is 4.48. The standard InChI is InChI=1S/C20H24O2/c1-5-22-19(21)17-8-6-7-16(14-17)13-15-9-11-18(12-10-15)20(2,3)4/h6-12,14H,5,13H2,1-4H3. The Morgan fingerprint density at radius 3 is 2.27 bits per heavy atom. The van der Waals surface area contributed by atoms with Crippen LogP contribution in [0, 0.1) is 0 Å². The van der Waals surface area contributed by atoms with Crippen molar-refractivity contribution in [1.82, 2.24) is 0 Å². The Labute approximate surface area is 133 Å². The molecule has 0 saturated carbocycles. The molecule has 2 aromatic rings. The SMILES string of the molecule is CCOC(=O)c1cccc(Cc2ccc(C(C)(C)C)cc2)c1. The predicted octanol–water partition coefficient (Wildman–Crippen LogP) is 4.75. The third-order valence-electron chi connectivity index (χ3n) is 3.67. The van der Waals surface area contributed by atoms with Gasteiger partial charge < -0.3 is 4.74 Å². The molecule has 0 spiro atoms. The molecule has 22 heavy (non-hydrogen) atoms. The Morgan fingerprint density at radius 1 is 1.00 bits per heavy atom. The first-order chi connectivity index (χ1) is 10.4. The number of carbonyl (C=O) groups is 1. The minimum Gasteiger partial charge on any atom is -0.462 e. The Balaban J connectivity index is 2.14. The third kappa shape index (κ3) is 4.20. The summed E-state index contributed by atoms with van der Waals surface area (Å²) in [5, 5.41) is 0. The first-order valence-corrected chi connectivity index (χ1v) is 7.75. The van der Waals surface area contributed by atoms with Crippen LogP contribution in [0.4, 0.5) is 0 Å². The maximum absolute atomic E-state index is 11.8. The van der Waals surface area contributed by atoms with Crippen LogP contribution in [0.5, 0.6) is 0 Å². The molecule has 0 aliphatic heterocycles. The number of carbonyl (C=O) groups excluding carboxylic acids is 1. The fourth-order valence-electron chi connectivity index (χ4n) is 2.38. The van der Waals surface area contributed by atoms with E-state index < -0.39 is 0 Å². The molecule has 0 bridgehead atoms. The van der Waals surface area contributed by atoms with Gasteiger partial charge in [0.15, 0.2) is 0 Å². The molecule has 0 radical (unpaired) electrons. The first-order valence-electron chi connectivity index (χ1n) is 7.75. The van der Waals surface area contributed by atoms with Crippen molar-refractivity contribution in [2.24, 2.45) is 0 Å². The van der Waals surface area contributed by atoms with Crippen LogP contribution in [0.3, 0.4) is 0 Å². The summed E-state index contributed by atoms with van der Waals surface area (Å²) in [6, 6.07) is 16.4. The highest BCUT2D eigenvalue weighted by Gasteiger charge is 2.13. The van der Waals surface area contributed by atoms with Gasteiger partial charge in [0.05, 0.1) is 12.2 Å². The summed E-state index contributed by atoms with van der Waals surface area (Å²) in [6.07, 6.45) is 0.817. The van der Waals surface area contributed by atoms with E-state index in [-0.39, 0.29) is 11.4 Å². The maximum Gasteiger partial charge on any atom is 0.338 e. The van der Waals surface area contributed by atoms with Crippen molar-refractivity contribution in [3.8, 4) is 0 Å². The molecule has 0 aliphatic rings. The summed E-state index contributed by atoms with van der Waals surface area (Å²) < 4.78 is 5.05. The van der Waals surface area contributed by atoms with Gasteiger partial charge in [-0.3, -0.25) is 0 Å². The van der Waals surface area contributed by atoms with Crippen LogP contribution < -0.4 is 0 Å². The first kappa shape index (κ1) is 16.3. The van der Waals surface area contributed by atoms with Gasteiger partial charge in [-0.1, -0.05) is 57.2 Å². The zero-order chi connectivity index (χ0) is 16.2. The van der Waals surface area contributed by atoms with Gasteiger partial charge in [0.2, 0.25) is 0 Å². The summed E-state index contributed by atoms with van der Waals surface area (Å²) in [7, 11) is 0. The Kier molecular flexibility index (Phi) is 5.02. The molecule has 2 rings (SSSR count). The van der Waals surface area contributed by atoms with Crippen molar-refractivity contribution in [1.29, 1.82) is 0 Å². The monoisotopic (exact) mass is 296 g/mol. The molecule has 0 aromatic heterocycles. The van der Waals surface area contributed by atoms with E-state index in [1.165, 1.54) is 11.1 Å². The van der Waals surface area contributed by atoms with Gasteiger partial charge in [-0.05, 0) is 47.6 Å². The van der Waals surface area contributed by atoms with Crippen molar-refractivity contribution >= 4 is 5.97 Å². The number of rotatable bonds is 4. The van der Waals surface area contributed by atoms with Crippen molar-refractivity contribution in [2.75, 3.05) is 6.61 Å². The molecular weight excluding hydrogens is 272 g/mol. The number of benzene rings is 2. The van der Waals surface area contributed by atoms with Crippen molar-refractivity contribution in [3.63, 3.8) is 0 Å². The van der Waals surface area contributed by atoms with Crippen molar-refractivity contribution < 1.29 is 9.53 Å². The number of esters is 1. The maximum atomic E-state index is 11.8. The van der Waals surface area contributed by atoms with Crippen molar-refractivity contribution in [3.05, 3.63) is 70.8 Å². The van der Waals surface area contributed by atoms with E-state index in [2.05, 4.69) is 45.0 Å². The molecule has 0 aliphatic carbocycles. The minimum atomic E-state index is -0.257. The van der Waals surface area contributed by atoms with Gasteiger partial charge in [0.1, 0.15) is 0 Å². The minimum absolute atomic E-state index is 0.169. The summed E-state index contributed by atoms with van der Waals surface area (Å²) >= 11 is 0. The molecule has 0 atom stereocenters. The van der Waals surface area contributed by atoms with E-state index >= 15 is 0 Å². The lowest BCUT2D eigenvalue weighted by Gasteiger charge is -2.19. The van der Waals surface area contributed by atoms with Gasteiger partial charge in [-0.2, -0.15) is 0 Å². The van der Waals surface area contributed by atoms with Crippen LogP contribution in [0.2, 0.25) is 0 Å². The highest BCUT2D eigenvalue weighted by molar-refractivity contribution is 5.89. The molecule has 0 fully saturated rings. The average molecular weight is 296 g/mol. The summed E-state index contributed by atoms with van der Waals surface area (Å²) in [5.74, 6) is -0.257. The van der Waals surface area contributed by atoms with E-state index in [4.69, 9.17) is 4.74 Å². The Morgan fingerprint density at radius 2 is 1.68 bits per heavy atom. The van der Waals surface area contributed by atoms with Gasteiger partial charge in [-0.25, -0.2) is 4.79 Å². The average Bonchev–Trinajstić information content (AvgIpc) is 2.47. The Bertz CT molecular complexity index is 634. The van der Waals surface area contributed by atoms with E-state index in [0.29, 0.717) is 12.2 Å². The van der Waals surface area contributed by atoms with Gasteiger partial charge >= 0.3 is 5.97 Å². The topological polar surface area (TPSA) is 26.3 Å². The zero-order valence-corrected chi connectivity index (χ0v) is 13.8. The Hall–Kier alpha value is -2.09. The molecule has 116 valence electrons. The zero-order valence-electron chi connectivity index (χ0n) is 13.8. The molecule has 0 saturated heterocycles. The van der Waals surface area contributed by atoms with Crippen LogP contribution in [0.15, 0.2) is 48.5 Å². The van der Waals surface area contributed by atoms with Crippen LogP contribution in [-0.2, 0) is 16.6 Å². The van der Waals surface area contributed by atoms with E-state index in [1.807, 2.05) is 25.1 Å². The van der Waals surface area contributed by atoms with Crippen LogP contribution in [0.1, 0.15) is 54.7 Å². The predicted molar refractivity (Wildman–Crippen MR) is 90.3 cm³/mol. The molecule has 0 amide bonds. The lowest BCUT2D eigenvalue weighted by Crippen LogP contribution is -2.10. The molecule has 2 nitrogen and oxygen atoms in total. The van der Waals surface area contributed by atoms with Gasteiger partial charge in [0, 0.05) is 0 Å².